The number of aliphatic hydroxyl groups excluding tert-OH is 1. The number of hydrogen-bond acceptors (Lipinski definition) is 4. The van der Waals surface area contributed by atoms with Crippen LogP contribution < -0.4 is 16.0 Å². The molecule has 0 spiro atoms. The third-order valence-electron chi connectivity index (χ3n) is 2.22. The zero-order chi connectivity index (χ0) is 11.3. The van der Waals surface area contributed by atoms with Gasteiger partial charge in [-0.25, -0.2) is 0 Å². The van der Waals surface area contributed by atoms with Gasteiger partial charge in [0.05, 0.1) is 18.7 Å². The third kappa shape index (κ3) is 3.85. The van der Waals surface area contributed by atoms with Gasteiger partial charge in [0.2, 0.25) is 11.8 Å². The maximum atomic E-state index is 11.4. The number of β-amino-alcohol motifs (C(OH)–C–C–N with tert-alkyl or cyclic N) is 1. The summed E-state index contributed by atoms with van der Waals surface area (Å²) >= 11 is 0. The molecular formula is C9H17N3O3. The first kappa shape index (κ1) is 11.9. The first-order chi connectivity index (χ1) is 7.13. The molecule has 0 saturated carbocycles. The van der Waals surface area contributed by atoms with Crippen molar-refractivity contribution < 1.29 is 14.7 Å². The largest absolute Gasteiger partial charge is 0.392 e. The molecule has 4 N–H and O–H groups in total. The highest BCUT2D eigenvalue weighted by Gasteiger charge is 2.27. The Hall–Kier alpha value is -1.14. The molecule has 15 heavy (non-hydrogen) atoms. The van der Waals surface area contributed by atoms with Crippen LogP contribution in [0.2, 0.25) is 0 Å². The molecule has 1 aliphatic heterocycles. The Kier molecular flexibility index (Phi) is 4.51. The highest BCUT2D eigenvalue weighted by atomic mass is 16.3. The summed E-state index contributed by atoms with van der Waals surface area (Å²) in [6.45, 7) is 2.78. The molecule has 0 aromatic heterocycles. The van der Waals surface area contributed by atoms with E-state index in [0.717, 1.165) is 0 Å². The van der Waals surface area contributed by atoms with Gasteiger partial charge in [-0.3, -0.25) is 9.59 Å². The van der Waals surface area contributed by atoms with Gasteiger partial charge in [0.25, 0.3) is 0 Å². The highest BCUT2D eigenvalue weighted by Crippen LogP contribution is 2.05. The van der Waals surface area contributed by atoms with Gasteiger partial charge in [-0.2, -0.15) is 0 Å². The van der Waals surface area contributed by atoms with Gasteiger partial charge in [0.15, 0.2) is 0 Å². The van der Waals surface area contributed by atoms with E-state index in [1.54, 1.807) is 0 Å². The lowest BCUT2D eigenvalue weighted by atomic mass is 10.2. The number of carbonyl (C=O) groups is 2. The summed E-state index contributed by atoms with van der Waals surface area (Å²) in [5.41, 5.74) is 0. The quantitative estimate of drug-likeness (QED) is 0.435. The van der Waals surface area contributed by atoms with Gasteiger partial charge in [0.1, 0.15) is 0 Å². The van der Waals surface area contributed by atoms with Crippen molar-refractivity contribution in [2.24, 2.45) is 0 Å². The second-order valence-corrected chi connectivity index (χ2v) is 3.52. The van der Waals surface area contributed by atoms with Crippen molar-refractivity contribution in [3.63, 3.8) is 0 Å². The summed E-state index contributed by atoms with van der Waals surface area (Å²) in [5.74, 6) is -0.442. The highest BCUT2D eigenvalue weighted by molar-refractivity contribution is 5.87. The molecule has 1 rings (SSSR count). The lowest BCUT2D eigenvalue weighted by molar-refractivity contribution is -0.127. The van der Waals surface area contributed by atoms with E-state index in [4.69, 9.17) is 0 Å². The molecule has 1 heterocycles. The summed E-state index contributed by atoms with van der Waals surface area (Å²) in [6, 6.07) is -0.380. The van der Waals surface area contributed by atoms with E-state index >= 15 is 0 Å². The van der Waals surface area contributed by atoms with Crippen molar-refractivity contribution in [3.8, 4) is 0 Å². The van der Waals surface area contributed by atoms with E-state index in [2.05, 4.69) is 16.0 Å². The van der Waals surface area contributed by atoms with Crippen LogP contribution in [0.1, 0.15) is 13.3 Å². The Morgan fingerprint density at radius 3 is 2.73 bits per heavy atom. The minimum atomic E-state index is -0.467. The predicted octanol–water partition coefficient (Wildman–Crippen LogP) is -2.04. The SMILES string of the molecule is CCNC(=O)CNC(=O)C1CC(O)CN1. The smallest absolute Gasteiger partial charge is 0.239 e. The van der Waals surface area contributed by atoms with Crippen LogP contribution in [0.15, 0.2) is 0 Å². The lowest BCUT2D eigenvalue weighted by Gasteiger charge is -2.10. The standard InChI is InChI=1S/C9H17N3O3/c1-2-10-8(14)5-12-9(15)7-3-6(13)4-11-7/h6-7,11,13H,2-5H2,1H3,(H,10,14)(H,12,15). The average molecular weight is 215 g/mol. The van der Waals surface area contributed by atoms with Crippen molar-refractivity contribution in [1.29, 1.82) is 0 Å². The third-order valence-corrected chi connectivity index (χ3v) is 2.22. The average Bonchev–Trinajstić information content (AvgIpc) is 2.62. The summed E-state index contributed by atoms with van der Waals surface area (Å²) in [7, 11) is 0. The number of aliphatic hydroxyl groups is 1. The molecule has 1 saturated heterocycles. The fourth-order valence-corrected chi connectivity index (χ4v) is 1.47. The molecule has 0 aromatic carbocycles. The topological polar surface area (TPSA) is 90.5 Å². The van der Waals surface area contributed by atoms with Crippen LogP contribution in [-0.4, -0.2) is 48.7 Å². The van der Waals surface area contributed by atoms with Gasteiger partial charge >= 0.3 is 0 Å². The molecule has 0 aromatic rings. The molecule has 6 heteroatoms. The van der Waals surface area contributed by atoms with E-state index in [0.29, 0.717) is 19.5 Å². The lowest BCUT2D eigenvalue weighted by Crippen LogP contribution is -2.44. The minimum absolute atomic E-state index is 0.0129. The van der Waals surface area contributed by atoms with E-state index < -0.39 is 6.10 Å². The molecule has 2 unspecified atom stereocenters. The first-order valence-corrected chi connectivity index (χ1v) is 5.09. The minimum Gasteiger partial charge on any atom is -0.392 e. The number of rotatable bonds is 4. The van der Waals surface area contributed by atoms with Gasteiger partial charge in [-0.1, -0.05) is 0 Å². The van der Waals surface area contributed by atoms with E-state index in [1.807, 2.05) is 6.92 Å². The zero-order valence-corrected chi connectivity index (χ0v) is 8.75. The molecule has 2 amide bonds. The van der Waals surface area contributed by atoms with Crippen molar-refractivity contribution in [2.45, 2.75) is 25.5 Å². The van der Waals surface area contributed by atoms with Crippen LogP contribution in [0.5, 0.6) is 0 Å². The Bertz CT molecular complexity index is 245. The van der Waals surface area contributed by atoms with E-state index in [-0.39, 0.29) is 24.4 Å². The number of likely N-dealkylation sites (N-methyl/N-ethyl adjacent to an activating group) is 1. The first-order valence-electron chi connectivity index (χ1n) is 5.09. The van der Waals surface area contributed by atoms with Crippen molar-refractivity contribution in [3.05, 3.63) is 0 Å². The molecule has 1 fully saturated rings. The molecular weight excluding hydrogens is 198 g/mol. The monoisotopic (exact) mass is 215 g/mol. The normalized spacial score (nSPS) is 24.9. The number of nitrogens with one attached hydrogen (secondary N) is 3. The van der Waals surface area contributed by atoms with Crippen molar-refractivity contribution in [1.82, 2.24) is 16.0 Å². The van der Waals surface area contributed by atoms with Crippen molar-refractivity contribution >= 4 is 11.8 Å². The molecule has 6 nitrogen and oxygen atoms in total. The Balaban J connectivity index is 2.21. The van der Waals surface area contributed by atoms with Crippen LogP contribution in [-0.2, 0) is 9.59 Å². The summed E-state index contributed by atoms with van der Waals surface area (Å²) in [6.07, 6.45) is -0.0634. The predicted molar refractivity (Wildman–Crippen MR) is 54.1 cm³/mol. The van der Waals surface area contributed by atoms with Gasteiger partial charge < -0.3 is 21.1 Å². The molecule has 2 atom stereocenters. The molecule has 0 aliphatic carbocycles. The number of amides is 2. The van der Waals surface area contributed by atoms with Crippen LogP contribution in [0, 0.1) is 0 Å². The van der Waals surface area contributed by atoms with E-state index in [1.165, 1.54) is 0 Å². The zero-order valence-electron chi connectivity index (χ0n) is 8.75. The van der Waals surface area contributed by atoms with Crippen LogP contribution in [0.25, 0.3) is 0 Å². The summed E-state index contributed by atoms with van der Waals surface area (Å²) in [5, 5.41) is 17.1. The Labute approximate surface area is 88.4 Å². The Morgan fingerprint density at radius 2 is 2.20 bits per heavy atom. The summed E-state index contributed by atoms with van der Waals surface area (Å²) < 4.78 is 0. The number of carbonyl (C=O) groups excluding carboxylic acids is 2. The van der Waals surface area contributed by atoms with Crippen LogP contribution in [0.3, 0.4) is 0 Å². The second kappa shape index (κ2) is 5.67. The summed E-state index contributed by atoms with van der Waals surface area (Å²) in [4.78, 5) is 22.5. The maximum absolute atomic E-state index is 11.4. The number of hydrogen-bond donors (Lipinski definition) is 4. The Morgan fingerprint density at radius 1 is 1.47 bits per heavy atom. The van der Waals surface area contributed by atoms with Crippen LogP contribution in [0.4, 0.5) is 0 Å². The van der Waals surface area contributed by atoms with Gasteiger partial charge in [0, 0.05) is 13.1 Å². The molecule has 1 aliphatic rings. The molecule has 86 valence electrons. The second-order valence-electron chi connectivity index (χ2n) is 3.52. The van der Waals surface area contributed by atoms with Crippen molar-refractivity contribution in [2.75, 3.05) is 19.6 Å². The van der Waals surface area contributed by atoms with Crippen LogP contribution >= 0.6 is 0 Å². The fraction of sp³-hybridized carbons (Fsp3) is 0.778. The molecule has 0 bridgehead atoms. The maximum Gasteiger partial charge on any atom is 0.239 e. The van der Waals surface area contributed by atoms with Gasteiger partial charge in [-0.15, -0.1) is 0 Å². The van der Waals surface area contributed by atoms with Gasteiger partial charge in [-0.05, 0) is 13.3 Å². The van der Waals surface area contributed by atoms with E-state index in [9.17, 15) is 14.7 Å². The fourth-order valence-electron chi connectivity index (χ4n) is 1.47. The molecule has 0 radical (unpaired) electrons.